The summed E-state index contributed by atoms with van der Waals surface area (Å²) >= 11 is 0. The van der Waals surface area contributed by atoms with Gasteiger partial charge in [-0.15, -0.1) is 0 Å². The summed E-state index contributed by atoms with van der Waals surface area (Å²) in [7, 11) is 1.47. The van der Waals surface area contributed by atoms with Gasteiger partial charge < -0.3 is 9.84 Å². The van der Waals surface area contributed by atoms with Gasteiger partial charge in [0.15, 0.2) is 0 Å². The molecule has 2 unspecified atom stereocenters. The Morgan fingerprint density at radius 2 is 1.96 bits per heavy atom. The van der Waals surface area contributed by atoms with Gasteiger partial charge in [-0.3, -0.25) is 14.4 Å². The summed E-state index contributed by atoms with van der Waals surface area (Å²) in [5.41, 5.74) is 0.711. The average Bonchev–Trinajstić information content (AvgIpc) is 2.99. The predicted octanol–water partition coefficient (Wildman–Crippen LogP) is 2.75. The third-order valence-electron chi connectivity index (χ3n) is 4.43. The van der Waals surface area contributed by atoms with E-state index in [1.54, 1.807) is 30.3 Å². The summed E-state index contributed by atoms with van der Waals surface area (Å²) in [4.78, 5) is 24.4. The second kappa shape index (κ2) is 6.93. The molecule has 1 aliphatic rings. The Morgan fingerprint density at radius 3 is 2.56 bits per heavy atom. The van der Waals surface area contributed by atoms with Crippen molar-refractivity contribution in [3.8, 4) is 0 Å². The van der Waals surface area contributed by atoms with E-state index in [4.69, 9.17) is 4.74 Å². The van der Waals surface area contributed by atoms with Crippen LogP contribution in [0.2, 0.25) is 0 Å². The number of amides is 1. The molecule has 3 rings (SSSR count). The Bertz CT molecular complexity index is 851. The summed E-state index contributed by atoms with van der Waals surface area (Å²) in [6, 6.07) is 5.90. The molecule has 1 N–H and O–H groups in total. The van der Waals surface area contributed by atoms with Gasteiger partial charge in [-0.2, -0.15) is 18.3 Å². The highest BCUT2D eigenvalue weighted by atomic mass is 19.4. The minimum absolute atomic E-state index is 0.101. The maximum atomic E-state index is 13.7. The molecule has 0 saturated carbocycles. The molecule has 1 amide bonds. The lowest BCUT2D eigenvalue weighted by Gasteiger charge is -2.39. The van der Waals surface area contributed by atoms with Crippen molar-refractivity contribution in [3.63, 3.8) is 0 Å². The summed E-state index contributed by atoms with van der Waals surface area (Å²) in [6.07, 6.45) is -5.52. The Kier molecular flexibility index (Phi) is 4.81. The molecule has 7 nitrogen and oxygen atoms in total. The maximum Gasteiger partial charge on any atom is 0.415 e. The lowest BCUT2D eigenvalue weighted by atomic mass is 9.88. The molecule has 144 valence electrons. The Balaban J connectivity index is 1.97. The second-order valence-corrected chi connectivity index (χ2v) is 6.15. The van der Waals surface area contributed by atoms with Crippen molar-refractivity contribution in [1.82, 2.24) is 9.78 Å². The highest BCUT2D eigenvalue weighted by molar-refractivity contribution is 5.92. The molecule has 10 heteroatoms. The van der Waals surface area contributed by atoms with Crippen LogP contribution in [0.5, 0.6) is 0 Å². The fraction of sp³-hybridized carbons (Fsp3) is 0.353. The van der Waals surface area contributed by atoms with Crippen LogP contribution in [-0.2, 0) is 29.6 Å². The zero-order chi connectivity index (χ0) is 19.8. The molecule has 1 aliphatic heterocycles. The number of carbonyl (C=O) groups is 2. The van der Waals surface area contributed by atoms with Gasteiger partial charge >= 0.3 is 18.2 Å². The van der Waals surface area contributed by atoms with Gasteiger partial charge in [-0.25, -0.2) is 4.79 Å². The summed E-state index contributed by atoms with van der Waals surface area (Å²) in [6.45, 7) is -0.242. The Morgan fingerprint density at radius 1 is 1.30 bits per heavy atom. The number of aliphatic carboxylic acids is 1. The number of nitrogens with zero attached hydrogens (tertiary/aromatic N) is 3. The van der Waals surface area contributed by atoms with E-state index < -0.39 is 36.6 Å². The molecule has 0 aliphatic carbocycles. The number of aryl methyl sites for hydroxylation is 1. The SMILES string of the molecule is Cn1ncc2c1CC(C(=O)O)C(C(F)(F)F)N2C(=O)OCc1ccccc1. The molecule has 0 saturated heterocycles. The largest absolute Gasteiger partial charge is 0.481 e. The van der Waals surface area contributed by atoms with Crippen molar-refractivity contribution in [2.45, 2.75) is 25.2 Å². The number of carboxylic acid groups (broad SMARTS) is 1. The number of anilines is 1. The third kappa shape index (κ3) is 3.60. The topological polar surface area (TPSA) is 84.7 Å². The molecular formula is C17H16F3N3O4. The van der Waals surface area contributed by atoms with Gasteiger partial charge in [0.05, 0.1) is 23.5 Å². The first kappa shape index (κ1) is 18.7. The van der Waals surface area contributed by atoms with Crippen LogP contribution in [0.25, 0.3) is 0 Å². The van der Waals surface area contributed by atoms with Crippen LogP contribution in [0, 0.1) is 5.92 Å². The summed E-state index contributed by atoms with van der Waals surface area (Å²) in [5.74, 6) is -3.51. The van der Waals surface area contributed by atoms with Crippen LogP contribution < -0.4 is 4.90 Å². The molecule has 1 aromatic heterocycles. The van der Waals surface area contributed by atoms with Crippen molar-refractivity contribution in [1.29, 1.82) is 0 Å². The monoisotopic (exact) mass is 383 g/mol. The number of carbonyl (C=O) groups excluding carboxylic acids is 1. The molecule has 2 atom stereocenters. The zero-order valence-corrected chi connectivity index (χ0v) is 14.2. The van der Waals surface area contributed by atoms with E-state index >= 15 is 0 Å². The number of aromatic nitrogens is 2. The summed E-state index contributed by atoms with van der Waals surface area (Å²) < 4.78 is 47.4. The van der Waals surface area contributed by atoms with E-state index in [9.17, 15) is 27.9 Å². The lowest BCUT2D eigenvalue weighted by Crippen LogP contribution is -2.58. The molecule has 0 bridgehead atoms. The van der Waals surface area contributed by atoms with Crippen LogP contribution >= 0.6 is 0 Å². The highest BCUT2D eigenvalue weighted by Gasteiger charge is 2.57. The van der Waals surface area contributed by atoms with Crippen LogP contribution in [0.1, 0.15) is 11.3 Å². The van der Waals surface area contributed by atoms with Gasteiger partial charge in [0.25, 0.3) is 0 Å². The van der Waals surface area contributed by atoms with Crippen molar-refractivity contribution in [2.24, 2.45) is 13.0 Å². The minimum atomic E-state index is -4.96. The fourth-order valence-corrected chi connectivity index (χ4v) is 3.14. The van der Waals surface area contributed by atoms with E-state index in [1.165, 1.54) is 11.7 Å². The number of carboxylic acids is 1. The first-order valence-corrected chi connectivity index (χ1v) is 8.00. The minimum Gasteiger partial charge on any atom is -0.481 e. The van der Waals surface area contributed by atoms with Crippen molar-refractivity contribution >= 4 is 17.7 Å². The first-order valence-electron chi connectivity index (χ1n) is 8.00. The van der Waals surface area contributed by atoms with E-state index in [1.807, 2.05) is 0 Å². The van der Waals surface area contributed by atoms with Gasteiger partial charge in [0.1, 0.15) is 12.6 Å². The van der Waals surface area contributed by atoms with Crippen LogP contribution in [0.4, 0.5) is 23.7 Å². The number of hydrogen-bond donors (Lipinski definition) is 1. The first-order chi connectivity index (χ1) is 12.7. The van der Waals surface area contributed by atoms with Crippen molar-refractivity contribution in [2.75, 3.05) is 4.90 Å². The molecule has 0 spiro atoms. The van der Waals surface area contributed by atoms with Gasteiger partial charge in [0.2, 0.25) is 0 Å². The molecule has 27 heavy (non-hydrogen) atoms. The number of alkyl halides is 3. The van der Waals surface area contributed by atoms with Crippen LogP contribution in [0.15, 0.2) is 36.5 Å². The Labute approximate surface area is 151 Å². The quantitative estimate of drug-likeness (QED) is 0.881. The van der Waals surface area contributed by atoms with Crippen molar-refractivity contribution in [3.05, 3.63) is 47.8 Å². The molecule has 2 heterocycles. The number of rotatable bonds is 3. The number of ether oxygens (including phenoxy) is 1. The van der Waals surface area contributed by atoms with E-state index in [0.717, 1.165) is 6.20 Å². The third-order valence-corrected chi connectivity index (χ3v) is 4.43. The number of hydrogen-bond acceptors (Lipinski definition) is 4. The fourth-order valence-electron chi connectivity index (χ4n) is 3.14. The maximum absolute atomic E-state index is 13.7. The smallest absolute Gasteiger partial charge is 0.415 e. The average molecular weight is 383 g/mol. The van der Waals surface area contributed by atoms with E-state index in [2.05, 4.69) is 5.10 Å². The lowest BCUT2D eigenvalue weighted by molar-refractivity contribution is -0.174. The Hall–Kier alpha value is -3.04. The molecular weight excluding hydrogens is 367 g/mol. The molecule has 0 fully saturated rings. The van der Waals surface area contributed by atoms with E-state index in [-0.39, 0.29) is 18.0 Å². The second-order valence-electron chi connectivity index (χ2n) is 6.15. The highest BCUT2D eigenvalue weighted by Crippen LogP contribution is 2.41. The number of benzene rings is 1. The number of halogens is 3. The zero-order valence-electron chi connectivity index (χ0n) is 14.2. The predicted molar refractivity (Wildman–Crippen MR) is 87.0 cm³/mol. The van der Waals surface area contributed by atoms with Crippen LogP contribution in [-0.4, -0.2) is 39.2 Å². The van der Waals surface area contributed by atoms with Gasteiger partial charge in [0, 0.05) is 13.5 Å². The summed E-state index contributed by atoms with van der Waals surface area (Å²) in [5, 5.41) is 13.2. The standard InChI is InChI=1S/C17H16F3N3O4/c1-22-12-7-11(15(24)25)14(17(18,19)20)23(13(12)8-21-22)16(26)27-9-10-5-3-2-4-6-10/h2-6,8,11,14H,7,9H2,1H3,(H,24,25). The van der Waals surface area contributed by atoms with Crippen LogP contribution in [0.3, 0.4) is 0 Å². The normalized spacial score (nSPS) is 19.5. The number of fused-ring (bicyclic) bond motifs is 1. The van der Waals surface area contributed by atoms with Gasteiger partial charge in [-0.1, -0.05) is 30.3 Å². The van der Waals surface area contributed by atoms with E-state index in [0.29, 0.717) is 10.5 Å². The van der Waals surface area contributed by atoms with Gasteiger partial charge in [-0.05, 0) is 5.56 Å². The van der Waals surface area contributed by atoms with Crippen molar-refractivity contribution < 1.29 is 32.6 Å². The molecule has 0 radical (unpaired) electrons. The molecule has 2 aromatic rings. The molecule has 1 aromatic carbocycles.